The number of carbonyl (C=O) groups excluding carboxylic acids is 1. The van der Waals surface area contributed by atoms with Gasteiger partial charge in [0.2, 0.25) is 15.9 Å². The smallest absolute Gasteiger partial charge is 0.221 e. The molecule has 1 rings (SSSR count). The molecule has 124 valence electrons. The van der Waals surface area contributed by atoms with Gasteiger partial charge in [0.05, 0.1) is 12.3 Å². The minimum Gasteiger partial charge on any atom is -0.349 e. The molecule has 22 heavy (non-hydrogen) atoms. The highest BCUT2D eigenvalue weighted by molar-refractivity contribution is 7.88. The summed E-state index contributed by atoms with van der Waals surface area (Å²) < 4.78 is 24.3. The normalized spacial score (nSPS) is 13.6. The lowest BCUT2D eigenvalue weighted by molar-refractivity contribution is -0.121. The van der Waals surface area contributed by atoms with Gasteiger partial charge in [-0.2, -0.15) is 0 Å². The van der Waals surface area contributed by atoms with Gasteiger partial charge in [0, 0.05) is 25.4 Å². The first-order valence-corrected chi connectivity index (χ1v) is 9.10. The summed E-state index contributed by atoms with van der Waals surface area (Å²) in [6.07, 6.45) is 5.38. The summed E-state index contributed by atoms with van der Waals surface area (Å²) in [5, 5.41) is 2.96. The number of amides is 1. The van der Waals surface area contributed by atoms with E-state index >= 15 is 0 Å². The molecular formula is C15H25N3O3S. The second-order valence-electron chi connectivity index (χ2n) is 6.59. The summed E-state index contributed by atoms with van der Waals surface area (Å²) in [5.41, 5.74) is 0.987. The van der Waals surface area contributed by atoms with Crippen molar-refractivity contribution in [1.29, 1.82) is 0 Å². The minimum atomic E-state index is -3.27. The summed E-state index contributed by atoms with van der Waals surface area (Å²) in [5.74, 6) is -0.186. The third-order valence-electron chi connectivity index (χ3n) is 2.95. The number of aromatic nitrogens is 1. The Bertz CT molecular complexity index is 580. The van der Waals surface area contributed by atoms with Gasteiger partial charge in [-0.1, -0.05) is 26.8 Å². The molecular weight excluding hydrogens is 302 g/mol. The Morgan fingerprint density at radius 1 is 1.36 bits per heavy atom. The van der Waals surface area contributed by atoms with Gasteiger partial charge in [-0.25, -0.2) is 13.1 Å². The maximum absolute atomic E-state index is 12.0. The van der Waals surface area contributed by atoms with Crippen LogP contribution in [0.15, 0.2) is 24.5 Å². The van der Waals surface area contributed by atoms with E-state index in [1.165, 1.54) is 0 Å². The van der Waals surface area contributed by atoms with Gasteiger partial charge >= 0.3 is 0 Å². The number of pyridine rings is 1. The molecule has 0 bridgehead atoms. The van der Waals surface area contributed by atoms with Gasteiger partial charge in [-0.05, 0) is 23.5 Å². The van der Waals surface area contributed by atoms with Crippen LogP contribution >= 0.6 is 0 Å². The van der Waals surface area contributed by atoms with E-state index in [1.54, 1.807) is 12.4 Å². The zero-order valence-corrected chi connectivity index (χ0v) is 14.4. The molecule has 1 aromatic rings. The van der Waals surface area contributed by atoms with Gasteiger partial charge in [0.1, 0.15) is 0 Å². The van der Waals surface area contributed by atoms with E-state index in [0.29, 0.717) is 0 Å². The molecule has 0 saturated carbocycles. The van der Waals surface area contributed by atoms with Gasteiger partial charge in [-0.3, -0.25) is 9.78 Å². The number of nitrogens with one attached hydrogen (secondary N) is 2. The predicted molar refractivity (Wildman–Crippen MR) is 86.7 cm³/mol. The molecule has 6 nitrogen and oxygen atoms in total. The standard InChI is InChI=1S/C15H25N3O3S/c1-15(2,3)10-13(12-6-5-8-16-11-12)18-14(19)7-9-17-22(4,20)21/h5-6,8,11,13,17H,7,9-10H2,1-4H3,(H,18,19)/t13-/m1/s1. The van der Waals surface area contributed by atoms with Gasteiger partial charge in [0.15, 0.2) is 0 Å². The first kappa shape index (κ1) is 18.6. The van der Waals surface area contributed by atoms with Crippen LogP contribution < -0.4 is 10.0 Å². The molecule has 0 radical (unpaired) electrons. The van der Waals surface area contributed by atoms with Crippen molar-refractivity contribution < 1.29 is 13.2 Å². The summed E-state index contributed by atoms with van der Waals surface area (Å²) in [6.45, 7) is 6.41. The zero-order chi connectivity index (χ0) is 16.8. The van der Waals surface area contributed by atoms with E-state index in [0.717, 1.165) is 18.2 Å². The Kier molecular flexibility index (Phi) is 6.49. The highest BCUT2D eigenvalue weighted by Crippen LogP contribution is 2.29. The van der Waals surface area contributed by atoms with Crippen LogP contribution in [0.3, 0.4) is 0 Å². The average molecular weight is 327 g/mol. The van der Waals surface area contributed by atoms with Crippen molar-refractivity contribution in [3.63, 3.8) is 0 Å². The Labute approximate surface area is 132 Å². The Morgan fingerprint density at radius 2 is 2.05 bits per heavy atom. The molecule has 0 aromatic carbocycles. The minimum absolute atomic E-state index is 0.0405. The van der Waals surface area contributed by atoms with Crippen molar-refractivity contribution in [2.45, 2.75) is 39.7 Å². The van der Waals surface area contributed by atoms with Crippen LogP contribution in [0, 0.1) is 5.41 Å². The van der Waals surface area contributed by atoms with E-state index in [-0.39, 0.29) is 30.3 Å². The monoisotopic (exact) mass is 327 g/mol. The lowest BCUT2D eigenvalue weighted by Crippen LogP contribution is -2.34. The summed E-state index contributed by atoms with van der Waals surface area (Å²) >= 11 is 0. The fourth-order valence-corrected chi connectivity index (χ4v) is 2.54. The molecule has 2 N–H and O–H groups in total. The number of sulfonamides is 1. The van der Waals surface area contributed by atoms with E-state index in [4.69, 9.17) is 0 Å². The van der Waals surface area contributed by atoms with Crippen LogP contribution in [-0.4, -0.2) is 32.1 Å². The van der Waals surface area contributed by atoms with E-state index < -0.39 is 10.0 Å². The van der Waals surface area contributed by atoms with E-state index in [9.17, 15) is 13.2 Å². The van der Waals surface area contributed by atoms with Crippen molar-refractivity contribution in [1.82, 2.24) is 15.0 Å². The molecule has 0 unspecified atom stereocenters. The van der Waals surface area contributed by atoms with Gasteiger partial charge in [-0.15, -0.1) is 0 Å². The number of carbonyl (C=O) groups is 1. The second-order valence-corrected chi connectivity index (χ2v) is 8.42. The zero-order valence-electron chi connectivity index (χ0n) is 13.6. The molecule has 0 fully saturated rings. The molecule has 1 aromatic heterocycles. The molecule has 1 atom stereocenters. The van der Waals surface area contributed by atoms with E-state index in [2.05, 4.69) is 35.8 Å². The molecule has 0 aliphatic carbocycles. The maximum atomic E-state index is 12.0. The summed E-state index contributed by atoms with van der Waals surface area (Å²) in [4.78, 5) is 16.1. The third-order valence-corrected chi connectivity index (χ3v) is 3.68. The van der Waals surface area contributed by atoms with Crippen LogP contribution in [0.4, 0.5) is 0 Å². The van der Waals surface area contributed by atoms with Crippen molar-refractivity contribution in [2.75, 3.05) is 12.8 Å². The van der Waals surface area contributed by atoms with Crippen LogP contribution in [-0.2, 0) is 14.8 Å². The average Bonchev–Trinajstić information content (AvgIpc) is 2.36. The lowest BCUT2D eigenvalue weighted by atomic mass is 9.86. The van der Waals surface area contributed by atoms with Crippen molar-refractivity contribution in [3.05, 3.63) is 30.1 Å². The molecule has 1 heterocycles. The Hall–Kier alpha value is -1.47. The van der Waals surface area contributed by atoms with Crippen LogP contribution in [0.2, 0.25) is 0 Å². The van der Waals surface area contributed by atoms with Gasteiger partial charge in [0.25, 0.3) is 0 Å². The highest BCUT2D eigenvalue weighted by Gasteiger charge is 2.22. The SMILES string of the molecule is CC(C)(C)C[C@@H](NC(=O)CCNS(C)(=O)=O)c1cccnc1. The molecule has 1 amide bonds. The Balaban J connectivity index is 2.67. The predicted octanol–water partition coefficient (Wildman–Crippen LogP) is 1.61. The van der Waals surface area contributed by atoms with Crippen LogP contribution in [0.1, 0.15) is 45.2 Å². The number of rotatable bonds is 7. The Morgan fingerprint density at radius 3 is 2.55 bits per heavy atom. The van der Waals surface area contributed by atoms with E-state index in [1.807, 2.05) is 12.1 Å². The summed E-state index contributed by atoms with van der Waals surface area (Å²) in [7, 11) is -3.27. The van der Waals surface area contributed by atoms with Crippen LogP contribution in [0.5, 0.6) is 0 Å². The molecule has 7 heteroatoms. The maximum Gasteiger partial charge on any atom is 0.221 e. The largest absolute Gasteiger partial charge is 0.349 e. The highest BCUT2D eigenvalue weighted by atomic mass is 32.2. The quantitative estimate of drug-likeness (QED) is 0.796. The fourth-order valence-electron chi connectivity index (χ4n) is 2.06. The number of hydrogen-bond donors (Lipinski definition) is 2. The van der Waals surface area contributed by atoms with Crippen molar-refractivity contribution in [3.8, 4) is 0 Å². The molecule has 0 aliphatic heterocycles. The number of hydrogen-bond acceptors (Lipinski definition) is 4. The first-order valence-electron chi connectivity index (χ1n) is 7.21. The first-order chi connectivity index (χ1) is 10.1. The topological polar surface area (TPSA) is 88.2 Å². The third kappa shape index (κ3) is 8.09. The number of nitrogens with zero attached hydrogens (tertiary/aromatic N) is 1. The fraction of sp³-hybridized carbons (Fsp3) is 0.600. The molecule has 0 aliphatic rings. The second kappa shape index (κ2) is 7.69. The summed E-state index contributed by atoms with van der Waals surface area (Å²) in [6, 6.07) is 3.63. The van der Waals surface area contributed by atoms with Crippen molar-refractivity contribution >= 4 is 15.9 Å². The van der Waals surface area contributed by atoms with Crippen molar-refractivity contribution in [2.24, 2.45) is 5.41 Å². The van der Waals surface area contributed by atoms with Crippen LogP contribution in [0.25, 0.3) is 0 Å². The van der Waals surface area contributed by atoms with Gasteiger partial charge < -0.3 is 5.32 Å². The lowest BCUT2D eigenvalue weighted by Gasteiger charge is -2.27. The molecule has 0 saturated heterocycles. The molecule has 0 spiro atoms.